The van der Waals surface area contributed by atoms with Gasteiger partial charge in [-0.3, -0.25) is 0 Å². The van der Waals surface area contributed by atoms with Crippen LogP contribution in [0.25, 0.3) is 0 Å². The number of halogens is 1. The van der Waals surface area contributed by atoms with Crippen molar-refractivity contribution in [3.05, 3.63) is 34.0 Å². The summed E-state index contributed by atoms with van der Waals surface area (Å²) in [7, 11) is 0. The van der Waals surface area contributed by atoms with Crippen LogP contribution in [0.2, 0.25) is 0 Å². The third-order valence-electron chi connectivity index (χ3n) is 4.20. The molecule has 0 atom stereocenters. The smallest absolute Gasteiger partial charge is 0.191 e. The number of aromatic nitrogens is 2. The molecule has 0 aliphatic carbocycles. The third kappa shape index (κ3) is 5.72. The van der Waals surface area contributed by atoms with E-state index in [0.29, 0.717) is 6.54 Å². The van der Waals surface area contributed by atoms with Crippen molar-refractivity contribution in [3.63, 3.8) is 0 Å². The summed E-state index contributed by atoms with van der Waals surface area (Å²) in [6.07, 6.45) is 2.53. The SMILES string of the molecule is CCNC(=NCc1c(CC)noc1CC)NCCc1c(C)noc1C.I. The van der Waals surface area contributed by atoms with Crippen molar-refractivity contribution < 1.29 is 9.05 Å². The summed E-state index contributed by atoms with van der Waals surface area (Å²) in [6, 6.07) is 0. The molecule has 0 bridgehead atoms. The van der Waals surface area contributed by atoms with Crippen molar-refractivity contribution in [2.24, 2.45) is 4.99 Å². The van der Waals surface area contributed by atoms with Gasteiger partial charge in [0.25, 0.3) is 0 Å². The molecule has 2 rings (SSSR count). The number of nitrogens with one attached hydrogen (secondary N) is 2. The molecular weight excluding hydrogens is 445 g/mol. The fourth-order valence-electron chi connectivity index (χ4n) is 2.78. The summed E-state index contributed by atoms with van der Waals surface area (Å²) < 4.78 is 10.6. The molecule has 0 saturated carbocycles. The molecule has 0 aliphatic heterocycles. The van der Waals surface area contributed by atoms with E-state index in [2.05, 4.69) is 41.7 Å². The maximum Gasteiger partial charge on any atom is 0.191 e. The maximum atomic E-state index is 5.41. The predicted octanol–water partition coefficient (Wildman–Crippen LogP) is 3.32. The molecule has 0 spiro atoms. The van der Waals surface area contributed by atoms with Gasteiger partial charge in [-0.25, -0.2) is 4.99 Å². The van der Waals surface area contributed by atoms with E-state index in [-0.39, 0.29) is 24.0 Å². The Bertz CT molecular complexity index is 668. The summed E-state index contributed by atoms with van der Waals surface area (Å²) in [5.41, 5.74) is 4.20. The minimum Gasteiger partial charge on any atom is -0.361 e. The Morgan fingerprint density at radius 1 is 1.00 bits per heavy atom. The second kappa shape index (κ2) is 11.2. The van der Waals surface area contributed by atoms with Crippen LogP contribution in [-0.4, -0.2) is 29.4 Å². The van der Waals surface area contributed by atoms with Crippen LogP contribution in [0.1, 0.15) is 54.8 Å². The van der Waals surface area contributed by atoms with Gasteiger partial charge in [-0.05, 0) is 33.6 Å². The average Bonchev–Trinajstić information content (AvgIpc) is 3.16. The molecule has 0 unspecified atom stereocenters. The first-order valence-corrected chi connectivity index (χ1v) is 9.00. The molecule has 0 saturated heterocycles. The van der Waals surface area contributed by atoms with Crippen LogP contribution in [0.5, 0.6) is 0 Å². The van der Waals surface area contributed by atoms with Crippen molar-refractivity contribution in [3.8, 4) is 0 Å². The van der Waals surface area contributed by atoms with Gasteiger partial charge in [0.05, 0.1) is 17.9 Å². The standard InChI is InChI=1S/C18H29N5O2.HI/c1-6-16-15(17(7-2)25-23-16)11-21-18(19-8-3)20-10-9-14-12(4)22-24-13(14)5;/h6-11H2,1-5H3,(H2,19,20,21);1H. The molecule has 8 heteroatoms. The lowest BCUT2D eigenvalue weighted by Crippen LogP contribution is -2.38. The van der Waals surface area contributed by atoms with Crippen LogP contribution in [0.15, 0.2) is 14.0 Å². The first-order valence-electron chi connectivity index (χ1n) is 9.00. The van der Waals surface area contributed by atoms with Crippen LogP contribution < -0.4 is 10.6 Å². The van der Waals surface area contributed by atoms with E-state index in [0.717, 1.165) is 72.3 Å². The Labute approximate surface area is 172 Å². The van der Waals surface area contributed by atoms with E-state index in [1.54, 1.807) is 0 Å². The van der Waals surface area contributed by atoms with E-state index in [4.69, 9.17) is 14.0 Å². The van der Waals surface area contributed by atoms with Crippen molar-refractivity contribution >= 4 is 29.9 Å². The van der Waals surface area contributed by atoms with Gasteiger partial charge in [0, 0.05) is 30.6 Å². The molecule has 7 nitrogen and oxygen atoms in total. The van der Waals surface area contributed by atoms with Crippen molar-refractivity contribution in [1.29, 1.82) is 0 Å². The Balaban J connectivity index is 0.00000338. The van der Waals surface area contributed by atoms with Gasteiger partial charge in [0.15, 0.2) is 5.96 Å². The molecule has 2 heterocycles. The summed E-state index contributed by atoms with van der Waals surface area (Å²) in [6.45, 7) is 12.3. The zero-order valence-corrected chi connectivity index (χ0v) is 18.6. The molecule has 0 aromatic carbocycles. The normalized spacial score (nSPS) is 11.3. The molecule has 0 radical (unpaired) electrons. The molecule has 26 heavy (non-hydrogen) atoms. The van der Waals surface area contributed by atoms with Gasteiger partial charge >= 0.3 is 0 Å². The molecule has 2 N–H and O–H groups in total. The van der Waals surface area contributed by atoms with E-state index >= 15 is 0 Å². The minimum atomic E-state index is 0. The Morgan fingerprint density at radius 2 is 1.77 bits per heavy atom. The van der Waals surface area contributed by atoms with E-state index in [9.17, 15) is 0 Å². The quantitative estimate of drug-likeness (QED) is 0.346. The zero-order chi connectivity index (χ0) is 18.2. The highest BCUT2D eigenvalue weighted by Gasteiger charge is 2.13. The fraction of sp³-hybridized carbons (Fsp3) is 0.611. The number of aliphatic imine (C=N–C) groups is 1. The number of hydrogen-bond acceptors (Lipinski definition) is 5. The van der Waals surface area contributed by atoms with Crippen molar-refractivity contribution in [1.82, 2.24) is 20.9 Å². The number of rotatable bonds is 8. The highest BCUT2D eigenvalue weighted by Crippen LogP contribution is 2.17. The lowest BCUT2D eigenvalue weighted by Gasteiger charge is -2.11. The second-order valence-corrected chi connectivity index (χ2v) is 5.91. The van der Waals surface area contributed by atoms with Gasteiger partial charge in [0.1, 0.15) is 11.5 Å². The molecule has 0 fully saturated rings. The van der Waals surface area contributed by atoms with Crippen LogP contribution in [0, 0.1) is 13.8 Å². The van der Waals surface area contributed by atoms with Gasteiger partial charge in [-0.2, -0.15) is 0 Å². The predicted molar refractivity (Wildman–Crippen MR) is 113 cm³/mol. The monoisotopic (exact) mass is 475 g/mol. The fourth-order valence-corrected chi connectivity index (χ4v) is 2.78. The number of nitrogens with zero attached hydrogens (tertiary/aromatic N) is 3. The van der Waals surface area contributed by atoms with Crippen LogP contribution in [0.3, 0.4) is 0 Å². The van der Waals surface area contributed by atoms with E-state index < -0.39 is 0 Å². The van der Waals surface area contributed by atoms with Gasteiger partial charge in [0.2, 0.25) is 0 Å². The largest absolute Gasteiger partial charge is 0.361 e. The van der Waals surface area contributed by atoms with Crippen LogP contribution in [0.4, 0.5) is 0 Å². The highest BCUT2D eigenvalue weighted by molar-refractivity contribution is 14.0. The number of aryl methyl sites for hydroxylation is 4. The Morgan fingerprint density at radius 3 is 2.35 bits per heavy atom. The van der Waals surface area contributed by atoms with Crippen LogP contribution in [-0.2, 0) is 25.8 Å². The molecule has 2 aromatic heterocycles. The third-order valence-corrected chi connectivity index (χ3v) is 4.20. The second-order valence-electron chi connectivity index (χ2n) is 5.91. The van der Waals surface area contributed by atoms with E-state index in [1.165, 1.54) is 0 Å². The molecule has 0 amide bonds. The lowest BCUT2D eigenvalue weighted by atomic mass is 10.1. The summed E-state index contributed by atoms with van der Waals surface area (Å²) >= 11 is 0. The maximum absolute atomic E-state index is 5.41. The van der Waals surface area contributed by atoms with Crippen LogP contribution >= 0.6 is 24.0 Å². The highest BCUT2D eigenvalue weighted by atomic mass is 127. The molecular formula is C18H30IN5O2. The van der Waals surface area contributed by atoms with Gasteiger partial charge in [-0.15, -0.1) is 24.0 Å². The van der Waals surface area contributed by atoms with Gasteiger partial charge < -0.3 is 19.7 Å². The summed E-state index contributed by atoms with van der Waals surface area (Å²) in [5, 5.41) is 14.8. The zero-order valence-electron chi connectivity index (χ0n) is 16.3. The molecule has 0 aliphatic rings. The Hall–Kier alpha value is -1.58. The van der Waals surface area contributed by atoms with Gasteiger partial charge in [-0.1, -0.05) is 24.2 Å². The molecule has 146 valence electrons. The lowest BCUT2D eigenvalue weighted by molar-refractivity contribution is 0.380. The topological polar surface area (TPSA) is 88.5 Å². The number of hydrogen-bond donors (Lipinski definition) is 2. The first-order chi connectivity index (χ1) is 12.1. The summed E-state index contributed by atoms with van der Waals surface area (Å²) in [4.78, 5) is 4.69. The van der Waals surface area contributed by atoms with Crippen molar-refractivity contribution in [2.45, 2.75) is 60.4 Å². The first kappa shape index (κ1) is 22.5. The van der Waals surface area contributed by atoms with Crippen molar-refractivity contribution in [2.75, 3.05) is 13.1 Å². The Kier molecular flexibility index (Phi) is 9.68. The van der Waals surface area contributed by atoms with E-state index in [1.807, 2.05) is 13.8 Å². The molecule has 2 aromatic rings. The number of guanidine groups is 1. The minimum absolute atomic E-state index is 0. The average molecular weight is 475 g/mol. The summed E-state index contributed by atoms with van der Waals surface area (Å²) in [5.74, 6) is 2.60.